The molecule has 0 bridgehead atoms. The predicted octanol–water partition coefficient (Wildman–Crippen LogP) is 1.95. The second kappa shape index (κ2) is 4.49. The lowest BCUT2D eigenvalue weighted by Crippen LogP contribution is -1.94. The van der Waals surface area contributed by atoms with Gasteiger partial charge >= 0.3 is 0 Å². The van der Waals surface area contributed by atoms with Crippen molar-refractivity contribution in [2.24, 2.45) is 4.99 Å². The lowest BCUT2D eigenvalue weighted by Gasteiger charge is -2.05. The Morgan fingerprint density at radius 2 is 2.00 bits per heavy atom. The van der Waals surface area contributed by atoms with E-state index in [0.29, 0.717) is 5.56 Å². The summed E-state index contributed by atoms with van der Waals surface area (Å²) in [6, 6.07) is 3.68. The summed E-state index contributed by atoms with van der Waals surface area (Å²) in [5, 5.41) is 0. The van der Waals surface area contributed by atoms with Crippen LogP contribution in [0.1, 0.15) is 27.0 Å². The van der Waals surface area contributed by atoms with Crippen LogP contribution in [0, 0.1) is 13.8 Å². The van der Waals surface area contributed by atoms with Gasteiger partial charge in [0.05, 0.1) is 6.54 Å². The SMILES string of the molecule is Cc1cc(C=O)c(CN=C=O)cc1C. The standard InChI is InChI=1S/C11H11NO2/c1-8-3-10(5-12-7-14)11(6-13)4-9(8)2/h3-4,6H,5H2,1-2H3. The van der Waals surface area contributed by atoms with Gasteiger partial charge < -0.3 is 0 Å². The lowest BCUT2D eigenvalue weighted by atomic mass is 10.0. The Morgan fingerprint density at radius 1 is 1.36 bits per heavy atom. The monoisotopic (exact) mass is 189 g/mol. The molecule has 0 saturated carbocycles. The van der Waals surface area contributed by atoms with Gasteiger partial charge in [0.2, 0.25) is 6.08 Å². The number of nitrogens with zero attached hydrogens (tertiary/aromatic N) is 1. The molecule has 0 aromatic heterocycles. The van der Waals surface area contributed by atoms with Gasteiger partial charge in [-0.05, 0) is 36.6 Å². The summed E-state index contributed by atoms with van der Waals surface area (Å²) >= 11 is 0. The highest BCUT2D eigenvalue weighted by Crippen LogP contribution is 2.15. The molecule has 0 heterocycles. The highest BCUT2D eigenvalue weighted by atomic mass is 16.1. The summed E-state index contributed by atoms with van der Waals surface area (Å²) in [5.41, 5.74) is 3.51. The van der Waals surface area contributed by atoms with Crippen LogP contribution in [0.3, 0.4) is 0 Å². The highest BCUT2D eigenvalue weighted by molar-refractivity contribution is 5.78. The van der Waals surface area contributed by atoms with Gasteiger partial charge in [0.1, 0.15) is 6.29 Å². The van der Waals surface area contributed by atoms with Crippen LogP contribution >= 0.6 is 0 Å². The third kappa shape index (κ3) is 2.15. The molecule has 1 rings (SSSR count). The molecule has 14 heavy (non-hydrogen) atoms. The summed E-state index contributed by atoms with van der Waals surface area (Å²) in [7, 11) is 0. The average Bonchev–Trinajstić information content (AvgIpc) is 2.19. The number of aryl methyl sites for hydroxylation is 2. The number of aldehydes is 1. The number of isocyanates is 1. The molecule has 72 valence electrons. The van der Waals surface area contributed by atoms with Gasteiger partial charge in [-0.1, -0.05) is 6.07 Å². The maximum absolute atomic E-state index is 10.7. The average molecular weight is 189 g/mol. The van der Waals surface area contributed by atoms with E-state index in [1.165, 1.54) is 6.08 Å². The number of carbonyl (C=O) groups is 1. The molecular formula is C11H11NO2. The Morgan fingerprint density at radius 3 is 2.57 bits per heavy atom. The van der Waals surface area contributed by atoms with Crippen LogP contribution in [0.2, 0.25) is 0 Å². The van der Waals surface area contributed by atoms with Gasteiger partial charge in [0.25, 0.3) is 0 Å². The number of hydrogen-bond acceptors (Lipinski definition) is 3. The molecule has 0 spiro atoms. The molecule has 1 aromatic rings. The second-order valence-electron chi connectivity index (χ2n) is 3.16. The summed E-state index contributed by atoms with van der Waals surface area (Å²) < 4.78 is 0. The van der Waals surface area contributed by atoms with E-state index in [4.69, 9.17) is 0 Å². The van der Waals surface area contributed by atoms with E-state index in [2.05, 4.69) is 4.99 Å². The minimum absolute atomic E-state index is 0.221. The van der Waals surface area contributed by atoms with Crippen LogP contribution in [0.5, 0.6) is 0 Å². The van der Waals surface area contributed by atoms with Gasteiger partial charge in [-0.3, -0.25) is 4.79 Å². The summed E-state index contributed by atoms with van der Waals surface area (Å²) in [5.74, 6) is 0. The Labute approximate surface area is 82.5 Å². The first-order valence-electron chi connectivity index (χ1n) is 4.28. The number of hydrogen-bond donors (Lipinski definition) is 0. The highest BCUT2D eigenvalue weighted by Gasteiger charge is 2.03. The zero-order valence-electron chi connectivity index (χ0n) is 8.20. The number of aliphatic imine (C=N–C) groups is 1. The zero-order chi connectivity index (χ0) is 10.6. The molecule has 0 saturated heterocycles. The summed E-state index contributed by atoms with van der Waals surface area (Å²) in [6.45, 7) is 4.12. The Bertz CT molecular complexity index is 404. The Kier molecular flexibility index (Phi) is 3.32. The fourth-order valence-corrected chi connectivity index (χ4v) is 1.26. The lowest BCUT2D eigenvalue weighted by molar-refractivity contribution is 0.112. The summed E-state index contributed by atoms with van der Waals surface area (Å²) in [4.78, 5) is 24.1. The molecule has 0 fully saturated rings. The molecular weight excluding hydrogens is 178 g/mol. The molecule has 0 aliphatic heterocycles. The quantitative estimate of drug-likeness (QED) is 0.414. The fraction of sp³-hybridized carbons (Fsp3) is 0.273. The maximum Gasteiger partial charge on any atom is 0.235 e. The topological polar surface area (TPSA) is 46.5 Å². The Hall–Kier alpha value is -1.73. The van der Waals surface area contributed by atoms with Crippen molar-refractivity contribution < 1.29 is 9.59 Å². The van der Waals surface area contributed by atoms with Crippen molar-refractivity contribution in [2.45, 2.75) is 20.4 Å². The van der Waals surface area contributed by atoms with Gasteiger partial charge in [-0.2, -0.15) is 0 Å². The minimum atomic E-state index is 0.221. The van der Waals surface area contributed by atoms with Crippen LogP contribution in [-0.4, -0.2) is 12.4 Å². The van der Waals surface area contributed by atoms with Crippen molar-refractivity contribution in [2.75, 3.05) is 0 Å². The van der Waals surface area contributed by atoms with Crippen molar-refractivity contribution in [3.8, 4) is 0 Å². The van der Waals surface area contributed by atoms with Crippen molar-refractivity contribution in [3.63, 3.8) is 0 Å². The zero-order valence-corrected chi connectivity index (χ0v) is 8.20. The number of rotatable bonds is 3. The fourth-order valence-electron chi connectivity index (χ4n) is 1.26. The van der Waals surface area contributed by atoms with E-state index >= 15 is 0 Å². The van der Waals surface area contributed by atoms with E-state index in [1.807, 2.05) is 19.9 Å². The molecule has 3 nitrogen and oxygen atoms in total. The molecule has 0 aliphatic carbocycles. The minimum Gasteiger partial charge on any atom is -0.298 e. The smallest absolute Gasteiger partial charge is 0.235 e. The van der Waals surface area contributed by atoms with Crippen LogP contribution in [0.25, 0.3) is 0 Å². The van der Waals surface area contributed by atoms with Gasteiger partial charge in [0, 0.05) is 5.56 Å². The van der Waals surface area contributed by atoms with Crippen molar-refractivity contribution in [1.29, 1.82) is 0 Å². The normalized spacial score (nSPS) is 9.29. The molecule has 0 N–H and O–H groups in total. The van der Waals surface area contributed by atoms with Crippen molar-refractivity contribution in [1.82, 2.24) is 0 Å². The van der Waals surface area contributed by atoms with E-state index in [9.17, 15) is 9.59 Å². The number of benzene rings is 1. The second-order valence-corrected chi connectivity index (χ2v) is 3.16. The first-order valence-corrected chi connectivity index (χ1v) is 4.28. The van der Waals surface area contributed by atoms with Crippen LogP contribution in [-0.2, 0) is 11.3 Å². The van der Waals surface area contributed by atoms with Gasteiger partial charge in [-0.15, -0.1) is 0 Å². The molecule has 0 atom stereocenters. The van der Waals surface area contributed by atoms with Crippen molar-refractivity contribution >= 4 is 12.4 Å². The molecule has 0 unspecified atom stereocenters. The third-order valence-corrected chi connectivity index (χ3v) is 2.20. The third-order valence-electron chi connectivity index (χ3n) is 2.20. The van der Waals surface area contributed by atoms with E-state index < -0.39 is 0 Å². The largest absolute Gasteiger partial charge is 0.298 e. The molecule has 1 aromatic carbocycles. The van der Waals surface area contributed by atoms with Crippen LogP contribution < -0.4 is 0 Å². The summed E-state index contributed by atoms with van der Waals surface area (Å²) in [6.07, 6.45) is 2.24. The Balaban J connectivity index is 3.19. The van der Waals surface area contributed by atoms with Gasteiger partial charge in [-0.25, -0.2) is 9.79 Å². The first-order chi connectivity index (χ1) is 6.69. The molecule has 0 amide bonds. The molecule has 0 aliphatic rings. The van der Waals surface area contributed by atoms with E-state index in [-0.39, 0.29) is 6.54 Å². The predicted molar refractivity (Wildman–Crippen MR) is 53.1 cm³/mol. The van der Waals surface area contributed by atoms with Gasteiger partial charge in [0.15, 0.2) is 0 Å². The molecule has 0 radical (unpaired) electrons. The number of carbonyl (C=O) groups excluding carboxylic acids is 2. The van der Waals surface area contributed by atoms with E-state index in [1.54, 1.807) is 6.07 Å². The van der Waals surface area contributed by atoms with Crippen LogP contribution in [0.15, 0.2) is 17.1 Å². The van der Waals surface area contributed by atoms with Crippen LogP contribution in [0.4, 0.5) is 0 Å². The van der Waals surface area contributed by atoms with E-state index in [0.717, 1.165) is 23.0 Å². The molecule has 3 heteroatoms. The maximum atomic E-state index is 10.7. The first kappa shape index (κ1) is 10.4. The van der Waals surface area contributed by atoms with Crippen molar-refractivity contribution in [3.05, 3.63) is 34.4 Å².